The number of aromatic nitrogens is 3. The first-order valence-corrected chi connectivity index (χ1v) is 10.7. The molecular formula is C26H25N7O. The Kier molecular flexibility index (Phi) is 6.46. The lowest BCUT2D eigenvalue weighted by atomic mass is 10.1. The molecule has 3 heterocycles. The predicted octanol–water partition coefficient (Wildman–Crippen LogP) is 2.60. The molecule has 1 aliphatic heterocycles. The first kappa shape index (κ1) is 22.4. The van der Waals surface area contributed by atoms with Gasteiger partial charge in [-0.3, -0.25) is 4.79 Å². The average molecular weight is 452 g/mol. The third-order valence-electron chi connectivity index (χ3n) is 5.33. The lowest BCUT2D eigenvalue weighted by Gasteiger charge is -2.14. The maximum absolute atomic E-state index is 12.2. The van der Waals surface area contributed by atoms with Crippen molar-refractivity contribution in [3.8, 4) is 23.2 Å². The molecular weight excluding hydrogens is 426 g/mol. The van der Waals surface area contributed by atoms with Crippen molar-refractivity contribution in [2.24, 2.45) is 7.05 Å². The molecule has 1 amide bonds. The Morgan fingerprint density at radius 3 is 2.41 bits per heavy atom. The van der Waals surface area contributed by atoms with Crippen molar-refractivity contribution >= 4 is 23.2 Å². The number of carbonyl (C=O) groups excluding carboxylic acids is 1. The molecule has 0 radical (unpaired) electrons. The summed E-state index contributed by atoms with van der Waals surface area (Å²) in [7, 11) is 1.92. The lowest BCUT2D eigenvalue weighted by molar-refractivity contribution is 0.0945. The Morgan fingerprint density at radius 1 is 0.971 bits per heavy atom. The minimum absolute atomic E-state index is 0.0764. The zero-order valence-corrected chi connectivity index (χ0v) is 18.7. The molecule has 34 heavy (non-hydrogen) atoms. The molecule has 0 aliphatic carbocycles. The largest absolute Gasteiger partial charge is 0.399 e. The van der Waals surface area contributed by atoms with Crippen LogP contribution in [0.5, 0.6) is 0 Å². The zero-order chi connectivity index (χ0) is 24.1. The summed E-state index contributed by atoms with van der Waals surface area (Å²) in [5.74, 6) is 6.26. The lowest BCUT2D eigenvalue weighted by Crippen LogP contribution is -2.31. The van der Waals surface area contributed by atoms with Crippen LogP contribution >= 0.6 is 0 Å². The maximum atomic E-state index is 12.2. The number of rotatable bonds is 1. The predicted molar refractivity (Wildman–Crippen MR) is 135 cm³/mol. The molecule has 0 spiro atoms. The molecule has 5 rings (SSSR count). The Bertz CT molecular complexity index is 1400. The third-order valence-corrected chi connectivity index (χ3v) is 5.33. The third kappa shape index (κ3) is 5.00. The molecule has 0 unspecified atom stereocenters. The number of hydrogen-bond acceptors (Lipinski definition) is 6. The second kappa shape index (κ2) is 9.79. The van der Waals surface area contributed by atoms with Crippen molar-refractivity contribution in [1.82, 2.24) is 19.9 Å². The topological polar surface area (TPSA) is 138 Å². The number of nitrogens with one attached hydrogen (secondary N) is 1. The quantitative estimate of drug-likeness (QED) is 0.259. The molecule has 170 valence electrons. The van der Waals surface area contributed by atoms with Crippen molar-refractivity contribution in [3.05, 3.63) is 89.2 Å². The van der Waals surface area contributed by atoms with Crippen molar-refractivity contribution in [2.75, 3.05) is 23.7 Å². The number of nitrogen functional groups attached to an aromatic ring is 3. The van der Waals surface area contributed by atoms with Gasteiger partial charge in [0.05, 0.1) is 16.8 Å². The van der Waals surface area contributed by atoms with E-state index in [1.165, 1.54) is 0 Å². The van der Waals surface area contributed by atoms with Crippen molar-refractivity contribution in [1.29, 1.82) is 0 Å². The molecule has 0 bridgehead atoms. The number of benzene rings is 2. The van der Waals surface area contributed by atoms with E-state index < -0.39 is 0 Å². The van der Waals surface area contributed by atoms with E-state index in [9.17, 15) is 4.79 Å². The first-order chi connectivity index (χ1) is 16.4. The first-order valence-electron chi connectivity index (χ1n) is 10.7. The number of carbonyl (C=O) groups is 1. The highest BCUT2D eigenvalue weighted by molar-refractivity contribution is 5.98. The standard InChI is InChI=1S/C20H18N6O.C6H7N/c1-26-16-7-8-23-19(27)15(16)10-17(26)18-13(11-24-20(22)25-18)6-5-12-3-2-4-14(21)9-12;7-6-4-2-1-3-5-6/h2-4,9-11H,7-8,21H2,1H3,(H,23,27)(H2,22,24,25);1-5H,7H2. The Balaban J connectivity index is 0.000000336. The van der Waals surface area contributed by atoms with E-state index in [1.807, 2.05) is 66.2 Å². The molecule has 2 aromatic carbocycles. The SMILES string of the molecule is Cn1c(-c2nc(N)ncc2C#Cc2cccc(N)c2)cc2c1CCNC2=O.Nc1ccccc1. The number of fused-ring (bicyclic) bond motifs is 1. The van der Waals surface area contributed by atoms with Crippen LogP contribution in [0, 0.1) is 11.8 Å². The molecule has 8 nitrogen and oxygen atoms in total. The average Bonchev–Trinajstić information content (AvgIpc) is 3.17. The normalized spacial score (nSPS) is 11.9. The molecule has 8 heteroatoms. The van der Waals surface area contributed by atoms with E-state index in [2.05, 4.69) is 27.1 Å². The van der Waals surface area contributed by atoms with Gasteiger partial charge in [-0.2, -0.15) is 0 Å². The van der Waals surface area contributed by atoms with Crippen LogP contribution in [-0.4, -0.2) is 27.0 Å². The van der Waals surface area contributed by atoms with E-state index in [1.54, 1.807) is 12.3 Å². The van der Waals surface area contributed by atoms with E-state index in [4.69, 9.17) is 17.2 Å². The summed E-state index contributed by atoms with van der Waals surface area (Å²) in [5, 5.41) is 2.86. The van der Waals surface area contributed by atoms with Gasteiger partial charge in [0.25, 0.3) is 5.91 Å². The van der Waals surface area contributed by atoms with Crippen LogP contribution in [-0.2, 0) is 13.5 Å². The zero-order valence-electron chi connectivity index (χ0n) is 18.7. The summed E-state index contributed by atoms with van der Waals surface area (Å²) in [6.07, 6.45) is 2.37. The minimum Gasteiger partial charge on any atom is -0.399 e. The molecule has 0 atom stereocenters. The van der Waals surface area contributed by atoms with Crippen LogP contribution in [0.1, 0.15) is 27.2 Å². The van der Waals surface area contributed by atoms with Gasteiger partial charge in [0.15, 0.2) is 0 Å². The van der Waals surface area contributed by atoms with Gasteiger partial charge in [-0.05, 0) is 36.4 Å². The van der Waals surface area contributed by atoms with Crippen LogP contribution in [0.25, 0.3) is 11.4 Å². The van der Waals surface area contributed by atoms with Gasteiger partial charge < -0.3 is 27.1 Å². The van der Waals surface area contributed by atoms with Crippen molar-refractivity contribution < 1.29 is 4.79 Å². The highest BCUT2D eigenvalue weighted by Gasteiger charge is 2.24. The molecule has 1 aliphatic rings. The number of para-hydroxylation sites is 1. The van der Waals surface area contributed by atoms with Crippen LogP contribution < -0.4 is 22.5 Å². The smallest absolute Gasteiger partial charge is 0.253 e. The number of nitrogens with two attached hydrogens (primary N) is 3. The van der Waals surface area contributed by atoms with Gasteiger partial charge in [-0.15, -0.1) is 0 Å². The number of hydrogen-bond donors (Lipinski definition) is 4. The highest BCUT2D eigenvalue weighted by Crippen LogP contribution is 2.28. The molecule has 7 N–H and O–H groups in total. The highest BCUT2D eigenvalue weighted by atomic mass is 16.1. The molecule has 0 saturated heterocycles. The fourth-order valence-electron chi connectivity index (χ4n) is 3.65. The second-order valence-electron chi connectivity index (χ2n) is 7.73. The van der Waals surface area contributed by atoms with Gasteiger partial charge in [-0.1, -0.05) is 36.1 Å². The summed E-state index contributed by atoms with van der Waals surface area (Å²) in [5.41, 5.74) is 22.9. The van der Waals surface area contributed by atoms with E-state index in [0.29, 0.717) is 29.1 Å². The van der Waals surface area contributed by atoms with Crippen LogP contribution in [0.3, 0.4) is 0 Å². The molecule has 0 fully saturated rings. The molecule has 0 saturated carbocycles. The van der Waals surface area contributed by atoms with Crippen molar-refractivity contribution in [2.45, 2.75) is 6.42 Å². The summed E-state index contributed by atoms with van der Waals surface area (Å²) in [6.45, 7) is 0.622. The second-order valence-corrected chi connectivity index (χ2v) is 7.73. The van der Waals surface area contributed by atoms with Gasteiger partial charge in [0, 0.05) is 48.8 Å². The minimum atomic E-state index is -0.0764. The number of anilines is 3. The van der Waals surface area contributed by atoms with Crippen LogP contribution in [0.4, 0.5) is 17.3 Å². The monoisotopic (exact) mass is 451 g/mol. The Labute approximate surface area is 197 Å². The maximum Gasteiger partial charge on any atom is 0.253 e. The van der Waals surface area contributed by atoms with E-state index in [0.717, 1.165) is 29.1 Å². The van der Waals surface area contributed by atoms with Crippen LogP contribution in [0.15, 0.2) is 66.9 Å². The van der Waals surface area contributed by atoms with E-state index >= 15 is 0 Å². The summed E-state index contributed by atoms with van der Waals surface area (Å²) in [4.78, 5) is 20.6. The number of nitrogens with zero attached hydrogens (tertiary/aromatic N) is 3. The Morgan fingerprint density at radius 2 is 1.74 bits per heavy atom. The van der Waals surface area contributed by atoms with Crippen LogP contribution in [0.2, 0.25) is 0 Å². The van der Waals surface area contributed by atoms with Gasteiger partial charge in [-0.25, -0.2) is 9.97 Å². The summed E-state index contributed by atoms with van der Waals surface area (Å²) >= 11 is 0. The van der Waals surface area contributed by atoms with Gasteiger partial charge in [0.2, 0.25) is 5.95 Å². The van der Waals surface area contributed by atoms with E-state index in [-0.39, 0.29) is 11.9 Å². The molecule has 4 aromatic rings. The summed E-state index contributed by atoms with van der Waals surface area (Å²) < 4.78 is 1.97. The van der Waals surface area contributed by atoms with Crippen molar-refractivity contribution in [3.63, 3.8) is 0 Å². The fraction of sp³-hybridized carbons (Fsp3) is 0.115. The summed E-state index contributed by atoms with van der Waals surface area (Å²) in [6, 6.07) is 18.7. The molecule has 2 aromatic heterocycles. The Hall–Kier alpha value is -4.77. The fourth-order valence-corrected chi connectivity index (χ4v) is 3.65. The van der Waals surface area contributed by atoms with Gasteiger partial charge in [0.1, 0.15) is 5.69 Å². The number of amides is 1. The van der Waals surface area contributed by atoms with Gasteiger partial charge >= 0.3 is 0 Å².